The van der Waals surface area contributed by atoms with Crippen molar-refractivity contribution in [2.24, 2.45) is 5.92 Å². The van der Waals surface area contributed by atoms with Gasteiger partial charge in [0.25, 0.3) is 5.91 Å². The number of esters is 1. The topological polar surface area (TPSA) is 55.4 Å². The molecule has 0 fully saturated rings. The summed E-state index contributed by atoms with van der Waals surface area (Å²) in [6.45, 7) is 4.10. The lowest BCUT2D eigenvalue weighted by molar-refractivity contribution is -0.143. The van der Waals surface area contributed by atoms with E-state index in [9.17, 15) is 22.8 Å². The molecule has 132 valence electrons. The van der Waals surface area contributed by atoms with Gasteiger partial charge in [0.05, 0.1) is 5.56 Å². The van der Waals surface area contributed by atoms with E-state index < -0.39 is 30.2 Å². The molecule has 1 rings (SSSR count). The number of alkyl halides is 3. The van der Waals surface area contributed by atoms with Crippen LogP contribution in [0.3, 0.4) is 0 Å². The van der Waals surface area contributed by atoms with Crippen LogP contribution in [0.5, 0.6) is 0 Å². The van der Waals surface area contributed by atoms with Crippen molar-refractivity contribution in [2.45, 2.75) is 26.4 Å². The number of halogens is 3. The lowest BCUT2D eigenvalue weighted by Crippen LogP contribution is -2.29. The van der Waals surface area contributed by atoms with Crippen molar-refractivity contribution in [1.82, 2.24) is 5.32 Å². The number of rotatable bonds is 7. The molecule has 0 bridgehead atoms. The predicted octanol–water partition coefficient (Wildman–Crippen LogP) is 3.42. The molecule has 0 saturated heterocycles. The van der Waals surface area contributed by atoms with Crippen LogP contribution in [0.4, 0.5) is 13.2 Å². The van der Waals surface area contributed by atoms with Crippen LogP contribution in [0.15, 0.2) is 30.3 Å². The fourth-order valence-corrected chi connectivity index (χ4v) is 1.72. The summed E-state index contributed by atoms with van der Waals surface area (Å²) in [6.07, 6.45) is -1.45. The van der Waals surface area contributed by atoms with Gasteiger partial charge in [-0.1, -0.05) is 26.0 Å². The van der Waals surface area contributed by atoms with Gasteiger partial charge < -0.3 is 10.1 Å². The van der Waals surface area contributed by atoms with Crippen molar-refractivity contribution in [3.63, 3.8) is 0 Å². The zero-order valence-electron chi connectivity index (χ0n) is 13.5. The van der Waals surface area contributed by atoms with E-state index in [1.165, 1.54) is 18.2 Å². The van der Waals surface area contributed by atoms with Crippen LogP contribution in [-0.4, -0.2) is 25.0 Å². The molecule has 0 saturated carbocycles. The Morgan fingerprint density at radius 2 is 2.00 bits per heavy atom. The summed E-state index contributed by atoms with van der Waals surface area (Å²) in [5, 5.41) is 2.60. The summed E-state index contributed by atoms with van der Waals surface area (Å²) in [5.74, 6) is -0.772. The number of carbonyl (C=O) groups is 2. The molecule has 1 aromatic rings. The standard InChI is InChI=1S/C17H20F3NO3/c1-12(2)8-9-21-15(22)11-24-16(23)7-6-13-4-3-5-14(10-13)17(18,19)20/h3-7,10,12H,8-9,11H2,1-2H3,(H,21,22). The highest BCUT2D eigenvalue weighted by Crippen LogP contribution is 2.29. The Morgan fingerprint density at radius 1 is 1.29 bits per heavy atom. The smallest absolute Gasteiger partial charge is 0.416 e. The molecule has 0 heterocycles. The molecule has 0 aliphatic heterocycles. The van der Waals surface area contributed by atoms with Crippen molar-refractivity contribution >= 4 is 18.0 Å². The number of ether oxygens (including phenoxy) is 1. The van der Waals surface area contributed by atoms with Crippen LogP contribution >= 0.6 is 0 Å². The average Bonchev–Trinajstić information content (AvgIpc) is 2.50. The minimum Gasteiger partial charge on any atom is -0.452 e. The molecule has 7 heteroatoms. The first kappa shape index (κ1) is 19.7. The highest BCUT2D eigenvalue weighted by atomic mass is 19.4. The van der Waals surface area contributed by atoms with Gasteiger partial charge in [-0.05, 0) is 36.1 Å². The molecule has 0 unspecified atom stereocenters. The molecule has 1 aromatic carbocycles. The van der Waals surface area contributed by atoms with Crippen LogP contribution in [0.25, 0.3) is 6.08 Å². The fourth-order valence-electron chi connectivity index (χ4n) is 1.72. The Labute approximate surface area is 138 Å². The van der Waals surface area contributed by atoms with Crippen molar-refractivity contribution in [2.75, 3.05) is 13.2 Å². The molecule has 1 N–H and O–H groups in total. The zero-order valence-corrected chi connectivity index (χ0v) is 13.5. The Hall–Kier alpha value is -2.31. The molecule has 0 aliphatic carbocycles. The summed E-state index contributed by atoms with van der Waals surface area (Å²) >= 11 is 0. The van der Waals surface area contributed by atoms with Crippen molar-refractivity contribution < 1.29 is 27.5 Å². The summed E-state index contributed by atoms with van der Waals surface area (Å²) in [5.41, 5.74) is -0.592. The van der Waals surface area contributed by atoms with Gasteiger partial charge in [-0.3, -0.25) is 4.79 Å². The van der Waals surface area contributed by atoms with Crippen LogP contribution in [0.1, 0.15) is 31.4 Å². The molecular weight excluding hydrogens is 323 g/mol. The molecule has 24 heavy (non-hydrogen) atoms. The molecule has 0 spiro atoms. The summed E-state index contributed by atoms with van der Waals surface area (Å²) < 4.78 is 42.4. The van der Waals surface area contributed by atoms with Crippen LogP contribution in [0.2, 0.25) is 0 Å². The van der Waals surface area contributed by atoms with Crippen molar-refractivity contribution in [1.29, 1.82) is 0 Å². The van der Waals surface area contributed by atoms with E-state index in [-0.39, 0.29) is 5.56 Å². The average molecular weight is 343 g/mol. The largest absolute Gasteiger partial charge is 0.452 e. The molecule has 1 amide bonds. The van der Waals surface area contributed by atoms with E-state index in [1.54, 1.807) is 0 Å². The Kier molecular flexibility index (Phi) is 7.48. The van der Waals surface area contributed by atoms with Gasteiger partial charge in [0.1, 0.15) is 0 Å². The maximum Gasteiger partial charge on any atom is 0.416 e. The number of hydrogen-bond donors (Lipinski definition) is 1. The fraction of sp³-hybridized carbons (Fsp3) is 0.412. The highest BCUT2D eigenvalue weighted by molar-refractivity contribution is 5.89. The molecule has 0 aliphatic rings. The minimum absolute atomic E-state index is 0.211. The van der Waals surface area contributed by atoms with E-state index in [0.29, 0.717) is 12.5 Å². The van der Waals surface area contributed by atoms with Crippen LogP contribution in [-0.2, 0) is 20.5 Å². The predicted molar refractivity (Wildman–Crippen MR) is 83.9 cm³/mol. The summed E-state index contributed by atoms with van der Waals surface area (Å²) in [6, 6.07) is 4.53. The van der Waals surface area contributed by atoms with Gasteiger partial charge in [0, 0.05) is 12.6 Å². The first-order valence-corrected chi connectivity index (χ1v) is 7.47. The minimum atomic E-state index is -4.45. The Bertz CT molecular complexity index is 595. The van der Waals surface area contributed by atoms with E-state index >= 15 is 0 Å². The summed E-state index contributed by atoms with van der Waals surface area (Å²) in [4.78, 5) is 22.9. The van der Waals surface area contributed by atoms with Gasteiger partial charge in [-0.2, -0.15) is 13.2 Å². The first-order chi connectivity index (χ1) is 11.2. The van der Waals surface area contributed by atoms with Crippen molar-refractivity contribution in [3.05, 3.63) is 41.5 Å². The van der Waals surface area contributed by atoms with Gasteiger partial charge in [-0.15, -0.1) is 0 Å². The quantitative estimate of drug-likeness (QED) is 0.610. The number of nitrogens with one attached hydrogen (secondary N) is 1. The second kappa shape index (κ2) is 9.10. The lowest BCUT2D eigenvalue weighted by atomic mass is 10.1. The molecule has 0 atom stereocenters. The third-order valence-electron chi connectivity index (χ3n) is 3.02. The maximum atomic E-state index is 12.6. The third-order valence-corrected chi connectivity index (χ3v) is 3.02. The van der Waals surface area contributed by atoms with E-state index in [4.69, 9.17) is 4.74 Å². The maximum absolute atomic E-state index is 12.6. The van der Waals surface area contributed by atoms with Crippen LogP contribution < -0.4 is 5.32 Å². The molecular formula is C17H20F3NO3. The molecule has 0 radical (unpaired) electrons. The van der Waals surface area contributed by atoms with Gasteiger partial charge in [0.2, 0.25) is 0 Å². The number of carbonyl (C=O) groups excluding carboxylic acids is 2. The van der Waals surface area contributed by atoms with Gasteiger partial charge in [-0.25, -0.2) is 4.79 Å². The zero-order chi connectivity index (χ0) is 18.2. The normalized spacial score (nSPS) is 11.8. The van der Waals surface area contributed by atoms with Gasteiger partial charge >= 0.3 is 12.1 Å². The Morgan fingerprint density at radius 3 is 2.62 bits per heavy atom. The number of benzene rings is 1. The molecule has 0 aromatic heterocycles. The monoisotopic (exact) mass is 343 g/mol. The first-order valence-electron chi connectivity index (χ1n) is 7.47. The van der Waals surface area contributed by atoms with Crippen LogP contribution in [0, 0.1) is 5.92 Å². The highest BCUT2D eigenvalue weighted by Gasteiger charge is 2.30. The third kappa shape index (κ3) is 7.80. The summed E-state index contributed by atoms with van der Waals surface area (Å²) in [7, 11) is 0. The second-order valence-electron chi connectivity index (χ2n) is 5.60. The lowest BCUT2D eigenvalue weighted by Gasteiger charge is -2.07. The van der Waals surface area contributed by atoms with E-state index in [2.05, 4.69) is 5.32 Å². The van der Waals surface area contributed by atoms with Gasteiger partial charge in [0.15, 0.2) is 6.61 Å². The SMILES string of the molecule is CC(C)CCNC(=O)COC(=O)C=Cc1cccc(C(F)(F)F)c1. The van der Waals surface area contributed by atoms with Crippen molar-refractivity contribution in [3.8, 4) is 0 Å². The second-order valence-corrected chi connectivity index (χ2v) is 5.60. The van der Waals surface area contributed by atoms with E-state index in [0.717, 1.165) is 24.6 Å². The molecule has 4 nitrogen and oxygen atoms in total. The Balaban J connectivity index is 2.45. The number of hydrogen-bond acceptors (Lipinski definition) is 3. The van der Waals surface area contributed by atoms with E-state index in [1.807, 2.05) is 13.8 Å². The number of amides is 1.